The normalized spacial score (nSPS) is 12.2. The molecule has 0 heterocycles. The van der Waals surface area contributed by atoms with Crippen LogP contribution in [-0.4, -0.2) is 31.4 Å². The molecule has 72 valence electrons. The van der Waals surface area contributed by atoms with Crippen molar-refractivity contribution >= 4 is 17.3 Å². The summed E-state index contributed by atoms with van der Waals surface area (Å²) < 4.78 is 4.87. The highest BCUT2D eigenvalue weighted by atomic mass is 32.1. The monoisotopic (exact) mass is 190 g/mol. The summed E-state index contributed by atoms with van der Waals surface area (Å²) in [6.45, 7) is 5.67. The van der Waals surface area contributed by atoms with Crippen LogP contribution in [-0.2, 0) is 4.74 Å². The molecule has 0 saturated heterocycles. The van der Waals surface area contributed by atoms with Crippen LogP contribution in [0.3, 0.4) is 0 Å². The van der Waals surface area contributed by atoms with Crippen molar-refractivity contribution in [3.05, 3.63) is 0 Å². The van der Waals surface area contributed by atoms with Crippen LogP contribution in [0.15, 0.2) is 0 Å². The zero-order valence-electron chi connectivity index (χ0n) is 8.02. The molecule has 3 nitrogen and oxygen atoms in total. The van der Waals surface area contributed by atoms with Crippen LogP contribution in [0.1, 0.15) is 20.3 Å². The molecule has 12 heavy (non-hydrogen) atoms. The number of hydrogen-bond acceptors (Lipinski definition) is 2. The fourth-order valence-corrected chi connectivity index (χ4v) is 0.947. The van der Waals surface area contributed by atoms with Gasteiger partial charge in [-0.3, -0.25) is 0 Å². The predicted molar refractivity (Wildman–Crippen MR) is 55.4 cm³/mol. The number of ether oxygens (including phenoxy) is 1. The van der Waals surface area contributed by atoms with Crippen molar-refractivity contribution in [1.82, 2.24) is 10.6 Å². The Hall–Kier alpha value is -0.350. The van der Waals surface area contributed by atoms with E-state index in [1.807, 2.05) is 0 Å². The van der Waals surface area contributed by atoms with E-state index in [-0.39, 0.29) is 0 Å². The zero-order chi connectivity index (χ0) is 9.40. The van der Waals surface area contributed by atoms with Crippen molar-refractivity contribution in [1.29, 1.82) is 0 Å². The molecule has 0 aliphatic carbocycles. The Kier molecular flexibility index (Phi) is 7.09. The molecule has 2 N–H and O–H groups in total. The third kappa shape index (κ3) is 6.37. The van der Waals surface area contributed by atoms with E-state index in [4.69, 9.17) is 17.0 Å². The Morgan fingerprint density at radius 3 is 2.75 bits per heavy atom. The van der Waals surface area contributed by atoms with Gasteiger partial charge in [-0.25, -0.2) is 0 Å². The van der Waals surface area contributed by atoms with Gasteiger partial charge in [-0.2, -0.15) is 0 Å². The Balaban J connectivity index is 3.33. The van der Waals surface area contributed by atoms with Crippen molar-refractivity contribution in [3.8, 4) is 0 Å². The average molecular weight is 190 g/mol. The number of thiocarbonyl (C=S) groups is 1. The van der Waals surface area contributed by atoms with E-state index in [1.165, 1.54) is 0 Å². The quantitative estimate of drug-likeness (QED) is 0.498. The number of hydrogen-bond donors (Lipinski definition) is 2. The first-order valence-electron chi connectivity index (χ1n) is 4.24. The van der Waals surface area contributed by atoms with Gasteiger partial charge < -0.3 is 15.4 Å². The maximum absolute atomic E-state index is 5.03. The van der Waals surface area contributed by atoms with Gasteiger partial charge in [0, 0.05) is 19.7 Å². The van der Waals surface area contributed by atoms with E-state index in [2.05, 4.69) is 24.5 Å². The minimum absolute atomic E-state index is 0.438. The van der Waals surface area contributed by atoms with E-state index >= 15 is 0 Å². The SMILES string of the molecule is CC[C@@H](C)NC(=S)NCCOC. The molecule has 0 unspecified atom stereocenters. The van der Waals surface area contributed by atoms with Gasteiger partial charge in [0.25, 0.3) is 0 Å². The largest absolute Gasteiger partial charge is 0.383 e. The van der Waals surface area contributed by atoms with E-state index in [0.29, 0.717) is 17.8 Å². The van der Waals surface area contributed by atoms with Gasteiger partial charge in [0.1, 0.15) is 0 Å². The van der Waals surface area contributed by atoms with Gasteiger partial charge in [-0.15, -0.1) is 0 Å². The molecule has 0 rings (SSSR count). The van der Waals surface area contributed by atoms with Gasteiger partial charge in [-0.1, -0.05) is 6.92 Å². The highest BCUT2D eigenvalue weighted by Gasteiger charge is 1.99. The van der Waals surface area contributed by atoms with Crippen LogP contribution in [0.25, 0.3) is 0 Å². The fourth-order valence-electron chi connectivity index (χ4n) is 0.644. The molecule has 0 fully saturated rings. The van der Waals surface area contributed by atoms with E-state index in [0.717, 1.165) is 13.0 Å². The van der Waals surface area contributed by atoms with Gasteiger partial charge in [0.05, 0.1) is 6.61 Å². The summed E-state index contributed by atoms with van der Waals surface area (Å²) >= 11 is 5.03. The minimum Gasteiger partial charge on any atom is -0.383 e. The molecule has 0 bridgehead atoms. The zero-order valence-corrected chi connectivity index (χ0v) is 8.83. The number of methoxy groups -OCH3 is 1. The smallest absolute Gasteiger partial charge is 0.166 e. The van der Waals surface area contributed by atoms with Crippen molar-refractivity contribution in [2.45, 2.75) is 26.3 Å². The highest BCUT2D eigenvalue weighted by Crippen LogP contribution is 1.86. The standard InChI is InChI=1S/C8H18N2OS/c1-4-7(2)10-8(12)9-5-6-11-3/h7H,4-6H2,1-3H3,(H2,9,10,12)/t7-/m1/s1. The molecule has 0 spiro atoms. The van der Waals surface area contributed by atoms with Crippen molar-refractivity contribution in [3.63, 3.8) is 0 Å². The Bertz CT molecular complexity index is 130. The fraction of sp³-hybridized carbons (Fsp3) is 0.875. The first-order chi connectivity index (χ1) is 5.70. The van der Waals surface area contributed by atoms with Gasteiger partial charge in [-0.05, 0) is 25.6 Å². The molecule has 4 heteroatoms. The first kappa shape index (κ1) is 11.6. The number of nitrogens with one attached hydrogen (secondary N) is 2. The molecule has 0 saturated carbocycles. The predicted octanol–water partition coefficient (Wildman–Crippen LogP) is 0.895. The summed E-state index contributed by atoms with van der Waals surface area (Å²) in [6.07, 6.45) is 1.08. The molecule has 0 aliphatic rings. The van der Waals surface area contributed by atoms with Crippen LogP contribution in [0.5, 0.6) is 0 Å². The van der Waals surface area contributed by atoms with E-state index in [1.54, 1.807) is 7.11 Å². The van der Waals surface area contributed by atoms with Crippen LogP contribution in [0, 0.1) is 0 Å². The minimum atomic E-state index is 0.438. The highest BCUT2D eigenvalue weighted by molar-refractivity contribution is 7.80. The Labute approximate surface area is 79.9 Å². The van der Waals surface area contributed by atoms with Crippen LogP contribution in [0.2, 0.25) is 0 Å². The van der Waals surface area contributed by atoms with E-state index < -0.39 is 0 Å². The Morgan fingerprint density at radius 1 is 1.58 bits per heavy atom. The molecule has 0 aliphatic heterocycles. The summed E-state index contributed by atoms with van der Waals surface area (Å²) in [5, 5.41) is 6.91. The average Bonchev–Trinajstić information content (AvgIpc) is 2.05. The third-order valence-corrected chi connectivity index (χ3v) is 1.84. The van der Waals surface area contributed by atoms with Gasteiger partial charge in [0.2, 0.25) is 0 Å². The lowest BCUT2D eigenvalue weighted by Crippen LogP contribution is -2.41. The summed E-state index contributed by atoms with van der Waals surface area (Å²) in [4.78, 5) is 0. The topological polar surface area (TPSA) is 33.3 Å². The molecule has 0 amide bonds. The summed E-state index contributed by atoms with van der Waals surface area (Å²) in [5.74, 6) is 0. The van der Waals surface area contributed by atoms with Crippen LogP contribution in [0.4, 0.5) is 0 Å². The lowest BCUT2D eigenvalue weighted by Gasteiger charge is -2.14. The third-order valence-electron chi connectivity index (χ3n) is 1.58. The second-order valence-corrected chi connectivity index (χ2v) is 3.11. The number of rotatable bonds is 5. The maximum atomic E-state index is 5.03. The molecule has 1 atom stereocenters. The van der Waals surface area contributed by atoms with Crippen molar-refractivity contribution < 1.29 is 4.74 Å². The van der Waals surface area contributed by atoms with Gasteiger partial charge >= 0.3 is 0 Å². The van der Waals surface area contributed by atoms with Gasteiger partial charge in [0.15, 0.2) is 5.11 Å². The lowest BCUT2D eigenvalue weighted by atomic mass is 10.3. The maximum Gasteiger partial charge on any atom is 0.166 e. The second-order valence-electron chi connectivity index (χ2n) is 2.70. The molecule has 0 radical (unpaired) electrons. The molecular formula is C8H18N2OS. The summed E-state index contributed by atoms with van der Waals surface area (Å²) in [7, 11) is 1.67. The molecule has 0 aromatic heterocycles. The van der Waals surface area contributed by atoms with Crippen molar-refractivity contribution in [2.24, 2.45) is 0 Å². The van der Waals surface area contributed by atoms with Crippen molar-refractivity contribution in [2.75, 3.05) is 20.3 Å². The summed E-state index contributed by atoms with van der Waals surface area (Å²) in [6, 6.07) is 0.438. The molecule has 0 aromatic carbocycles. The molecule has 0 aromatic rings. The van der Waals surface area contributed by atoms with E-state index in [9.17, 15) is 0 Å². The summed E-state index contributed by atoms with van der Waals surface area (Å²) in [5.41, 5.74) is 0. The second kappa shape index (κ2) is 7.31. The lowest BCUT2D eigenvalue weighted by molar-refractivity contribution is 0.204. The van der Waals surface area contributed by atoms with Crippen LogP contribution < -0.4 is 10.6 Å². The van der Waals surface area contributed by atoms with Crippen LogP contribution >= 0.6 is 12.2 Å². The molecular weight excluding hydrogens is 172 g/mol. The Morgan fingerprint density at radius 2 is 2.25 bits per heavy atom. The first-order valence-corrected chi connectivity index (χ1v) is 4.64.